The van der Waals surface area contributed by atoms with Gasteiger partial charge in [-0.1, -0.05) is 0 Å². The number of nitrogens with two attached hydrogens (primary N) is 1. The predicted octanol–water partition coefficient (Wildman–Crippen LogP) is 3.59. The lowest BCUT2D eigenvalue weighted by Crippen LogP contribution is -2.26. The van der Waals surface area contributed by atoms with Gasteiger partial charge in [0.2, 0.25) is 17.8 Å². The summed E-state index contributed by atoms with van der Waals surface area (Å²) < 4.78 is 9.71. The number of benzene rings is 1. The van der Waals surface area contributed by atoms with Gasteiger partial charge in [0.15, 0.2) is 0 Å². The van der Waals surface area contributed by atoms with Gasteiger partial charge in [-0.15, -0.1) is 0 Å². The van der Waals surface area contributed by atoms with E-state index in [9.17, 15) is 9.59 Å². The lowest BCUT2D eigenvalue weighted by molar-refractivity contribution is 0.0995. The van der Waals surface area contributed by atoms with Crippen LogP contribution in [0.25, 0.3) is 22.3 Å². The Kier molecular flexibility index (Phi) is 7.21. The van der Waals surface area contributed by atoms with Crippen molar-refractivity contribution < 1.29 is 14.3 Å². The number of imidazole rings is 1. The molecular formula is C29H30N10O3. The van der Waals surface area contributed by atoms with E-state index in [-0.39, 0.29) is 17.5 Å². The molecule has 13 nitrogen and oxygen atoms in total. The Bertz CT molecular complexity index is 1780. The molecule has 0 spiro atoms. The monoisotopic (exact) mass is 566 g/mol. The number of rotatable bonds is 10. The van der Waals surface area contributed by atoms with Crippen LogP contribution in [0, 0.1) is 6.92 Å². The van der Waals surface area contributed by atoms with Crippen molar-refractivity contribution in [3.8, 4) is 17.0 Å². The van der Waals surface area contributed by atoms with E-state index >= 15 is 0 Å². The fourth-order valence-electron chi connectivity index (χ4n) is 5.15. The van der Waals surface area contributed by atoms with E-state index in [1.807, 2.05) is 36.6 Å². The number of primary amides is 1. The zero-order valence-electron chi connectivity index (χ0n) is 23.2. The second-order valence-corrected chi connectivity index (χ2v) is 9.99. The van der Waals surface area contributed by atoms with Gasteiger partial charge in [-0.3, -0.25) is 24.6 Å². The molecule has 13 heteroatoms. The standard InChI is InChI=1S/C29H30N10O3/c1-3-38-23(12-17(2)37-38)27(41)36-29-35-22-13-19(26(30)40)14-24-25(22)39(29)20(16-42-24)7-5-10-32-28-33-11-8-21(34-28)18-6-4-9-31-15-18/h4,6,8-9,11-15,20H,3,5,7,10,16H2,1-2H3,(H2,30,40)(H,32,33,34)(H,35,36,41)/t20-/m0/s1. The first kappa shape index (κ1) is 26.9. The molecule has 4 aromatic heterocycles. The molecule has 5 heterocycles. The molecule has 0 saturated carbocycles. The first-order valence-corrected chi connectivity index (χ1v) is 13.7. The highest BCUT2D eigenvalue weighted by molar-refractivity contribution is 6.04. The molecule has 1 atom stereocenters. The Labute approximate surface area is 241 Å². The normalized spacial score (nSPS) is 14.0. The number of hydrogen-bond donors (Lipinski definition) is 3. The van der Waals surface area contributed by atoms with Gasteiger partial charge in [-0.05, 0) is 63.1 Å². The number of aromatic nitrogens is 7. The number of pyridine rings is 1. The average molecular weight is 567 g/mol. The summed E-state index contributed by atoms with van der Waals surface area (Å²) in [6.45, 7) is 5.28. The van der Waals surface area contributed by atoms with Crippen LogP contribution in [-0.2, 0) is 6.54 Å². The Hall–Kier alpha value is -5.33. The first-order valence-electron chi connectivity index (χ1n) is 13.7. The van der Waals surface area contributed by atoms with Gasteiger partial charge in [0.05, 0.1) is 22.9 Å². The van der Waals surface area contributed by atoms with Crippen molar-refractivity contribution in [2.75, 3.05) is 23.8 Å². The van der Waals surface area contributed by atoms with Crippen LogP contribution in [0.2, 0.25) is 0 Å². The summed E-state index contributed by atoms with van der Waals surface area (Å²) in [4.78, 5) is 43.1. The quantitative estimate of drug-likeness (QED) is 0.214. The molecule has 4 N–H and O–H groups in total. The summed E-state index contributed by atoms with van der Waals surface area (Å²) in [6.07, 6.45) is 6.68. The minimum Gasteiger partial charge on any atom is -0.489 e. The number of nitrogens with zero attached hydrogens (tertiary/aromatic N) is 7. The van der Waals surface area contributed by atoms with Gasteiger partial charge < -0.3 is 20.4 Å². The predicted molar refractivity (Wildman–Crippen MR) is 156 cm³/mol. The van der Waals surface area contributed by atoms with Gasteiger partial charge in [0.25, 0.3) is 5.91 Å². The molecule has 42 heavy (non-hydrogen) atoms. The third-order valence-electron chi connectivity index (χ3n) is 7.10. The van der Waals surface area contributed by atoms with E-state index in [4.69, 9.17) is 15.5 Å². The molecule has 0 fully saturated rings. The van der Waals surface area contributed by atoms with Crippen molar-refractivity contribution in [2.45, 2.75) is 39.3 Å². The van der Waals surface area contributed by atoms with E-state index in [0.29, 0.717) is 60.5 Å². The summed E-state index contributed by atoms with van der Waals surface area (Å²) in [6, 6.07) is 10.5. The summed E-state index contributed by atoms with van der Waals surface area (Å²) >= 11 is 0. The number of carbonyl (C=O) groups excluding carboxylic acids is 2. The highest BCUT2D eigenvalue weighted by atomic mass is 16.5. The number of nitrogens with one attached hydrogen (secondary N) is 2. The summed E-state index contributed by atoms with van der Waals surface area (Å²) in [5, 5.41) is 10.7. The average Bonchev–Trinajstić information content (AvgIpc) is 3.57. The molecule has 0 unspecified atom stereocenters. The fourth-order valence-corrected chi connectivity index (χ4v) is 5.15. The van der Waals surface area contributed by atoms with Gasteiger partial charge in [-0.2, -0.15) is 5.10 Å². The van der Waals surface area contributed by atoms with Crippen molar-refractivity contribution in [3.05, 3.63) is 71.9 Å². The topological polar surface area (TPSA) is 168 Å². The largest absolute Gasteiger partial charge is 0.489 e. The highest BCUT2D eigenvalue weighted by Gasteiger charge is 2.29. The smallest absolute Gasteiger partial charge is 0.276 e. The minimum absolute atomic E-state index is 0.125. The van der Waals surface area contributed by atoms with Crippen LogP contribution in [0.5, 0.6) is 5.75 Å². The number of carbonyl (C=O) groups is 2. The Morgan fingerprint density at radius 3 is 2.83 bits per heavy atom. The second kappa shape index (κ2) is 11.3. The molecule has 0 bridgehead atoms. The summed E-state index contributed by atoms with van der Waals surface area (Å²) in [5.74, 6) is 0.494. The van der Waals surface area contributed by atoms with Gasteiger partial charge in [0.1, 0.15) is 23.6 Å². The van der Waals surface area contributed by atoms with Crippen molar-refractivity contribution in [1.29, 1.82) is 0 Å². The van der Waals surface area contributed by atoms with Crippen molar-refractivity contribution >= 4 is 34.7 Å². The van der Waals surface area contributed by atoms with Crippen molar-refractivity contribution in [2.24, 2.45) is 5.73 Å². The van der Waals surface area contributed by atoms with Crippen LogP contribution in [-0.4, -0.2) is 59.2 Å². The third-order valence-corrected chi connectivity index (χ3v) is 7.10. The molecule has 1 aliphatic heterocycles. The summed E-state index contributed by atoms with van der Waals surface area (Å²) in [5.41, 5.74) is 9.94. The number of hydrogen-bond acceptors (Lipinski definition) is 9. The highest BCUT2D eigenvalue weighted by Crippen LogP contribution is 2.38. The molecule has 1 aromatic carbocycles. The molecule has 2 amide bonds. The number of ether oxygens (including phenoxy) is 1. The molecular weight excluding hydrogens is 536 g/mol. The van der Waals surface area contributed by atoms with Crippen LogP contribution in [0.4, 0.5) is 11.9 Å². The van der Waals surface area contributed by atoms with Crippen molar-refractivity contribution in [3.63, 3.8) is 0 Å². The van der Waals surface area contributed by atoms with Gasteiger partial charge >= 0.3 is 0 Å². The minimum atomic E-state index is -0.581. The molecule has 0 radical (unpaired) electrons. The van der Waals surface area contributed by atoms with E-state index in [1.54, 1.807) is 41.5 Å². The molecule has 5 aromatic rings. The van der Waals surface area contributed by atoms with E-state index in [2.05, 4.69) is 30.7 Å². The fraction of sp³-hybridized carbons (Fsp3) is 0.276. The zero-order valence-corrected chi connectivity index (χ0v) is 23.2. The van der Waals surface area contributed by atoms with E-state index in [1.165, 1.54) is 0 Å². The van der Waals surface area contributed by atoms with Crippen LogP contribution >= 0.6 is 0 Å². The maximum absolute atomic E-state index is 13.3. The maximum atomic E-state index is 13.3. The second-order valence-electron chi connectivity index (χ2n) is 9.99. The van der Waals surface area contributed by atoms with Crippen LogP contribution in [0.3, 0.4) is 0 Å². The van der Waals surface area contributed by atoms with Crippen molar-refractivity contribution in [1.82, 2.24) is 34.3 Å². The molecule has 1 aliphatic rings. The molecule has 214 valence electrons. The first-order chi connectivity index (χ1) is 20.4. The van der Waals surface area contributed by atoms with E-state index in [0.717, 1.165) is 23.4 Å². The van der Waals surface area contributed by atoms with Crippen LogP contribution < -0.4 is 21.1 Å². The SMILES string of the molecule is CCn1nc(C)cc1C(=O)Nc1nc2cc(C(N)=O)cc3c2n1[C@@H](CCCNc1nccc(-c2cccnc2)n1)CO3. The van der Waals surface area contributed by atoms with Crippen LogP contribution in [0.1, 0.15) is 52.3 Å². The van der Waals surface area contributed by atoms with Gasteiger partial charge in [-0.25, -0.2) is 15.0 Å². The zero-order chi connectivity index (χ0) is 29.2. The number of amides is 2. The Morgan fingerprint density at radius 1 is 1.17 bits per heavy atom. The van der Waals surface area contributed by atoms with Crippen LogP contribution in [0.15, 0.2) is 55.0 Å². The Morgan fingerprint density at radius 2 is 2.05 bits per heavy atom. The third kappa shape index (κ3) is 5.23. The molecule has 0 aliphatic carbocycles. The molecule has 0 saturated heterocycles. The van der Waals surface area contributed by atoms with Gasteiger partial charge in [0, 0.05) is 42.8 Å². The Balaban J connectivity index is 1.22. The molecule has 6 rings (SSSR count). The maximum Gasteiger partial charge on any atom is 0.276 e. The van der Waals surface area contributed by atoms with E-state index < -0.39 is 5.91 Å². The summed E-state index contributed by atoms with van der Waals surface area (Å²) in [7, 11) is 0. The lowest BCUT2D eigenvalue weighted by atomic mass is 10.1. The lowest BCUT2D eigenvalue weighted by Gasteiger charge is -2.27. The number of aryl methyl sites for hydroxylation is 2. The number of anilines is 2.